The van der Waals surface area contributed by atoms with Crippen LogP contribution in [-0.2, 0) is 4.79 Å². The molecule has 0 saturated heterocycles. The standard InChI is InChI=1S/C20H14O4S/c21-20(24-15-6-9-17-18(12-15)23-13-22-17)11-8-16-7-10-19(25-16)14-4-2-1-3-5-14/h1-12H,13H2/b11-8+. The van der Waals surface area contributed by atoms with Crippen molar-refractivity contribution in [3.05, 3.63) is 71.6 Å². The van der Waals surface area contributed by atoms with Gasteiger partial charge in [-0.1, -0.05) is 30.3 Å². The van der Waals surface area contributed by atoms with Gasteiger partial charge in [0.25, 0.3) is 0 Å². The fourth-order valence-corrected chi connectivity index (χ4v) is 3.36. The Bertz CT molecular complexity index is 928. The Balaban J connectivity index is 1.42. The van der Waals surface area contributed by atoms with Gasteiger partial charge in [0.05, 0.1) is 0 Å². The van der Waals surface area contributed by atoms with Crippen LogP contribution in [0.2, 0.25) is 0 Å². The Morgan fingerprint density at radius 1 is 1.00 bits per heavy atom. The zero-order valence-electron chi connectivity index (χ0n) is 13.2. The van der Waals surface area contributed by atoms with Gasteiger partial charge in [-0.3, -0.25) is 0 Å². The first kappa shape index (κ1) is 15.5. The molecule has 0 unspecified atom stereocenters. The molecule has 0 atom stereocenters. The van der Waals surface area contributed by atoms with Crippen molar-refractivity contribution in [3.63, 3.8) is 0 Å². The molecule has 2 aromatic carbocycles. The van der Waals surface area contributed by atoms with Crippen LogP contribution in [0.4, 0.5) is 0 Å². The Morgan fingerprint density at radius 3 is 2.72 bits per heavy atom. The van der Waals surface area contributed by atoms with Gasteiger partial charge in [-0.25, -0.2) is 4.79 Å². The SMILES string of the molecule is O=C(/C=C/c1ccc(-c2ccccc2)s1)Oc1ccc2c(c1)OCO2. The van der Waals surface area contributed by atoms with Crippen LogP contribution in [-0.4, -0.2) is 12.8 Å². The van der Waals surface area contributed by atoms with Crippen molar-refractivity contribution in [1.82, 2.24) is 0 Å². The number of esters is 1. The number of fused-ring (bicyclic) bond motifs is 1. The van der Waals surface area contributed by atoms with Gasteiger partial charge >= 0.3 is 5.97 Å². The van der Waals surface area contributed by atoms with E-state index in [1.165, 1.54) is 6.08 Å². The molecule has 5 heteroatoms. The number of thiophene rings is 1. The molecule has 124 valence electrons. The molecule has 1 aromatic heterocycles. The quantitative estimate of drug-likeness (QED) is 0.386. The zero-order chi connectivity index (χ0) is 17.1. The molecule has 0 fully saturated rings. The molecule has 3 aromatic rings. The second kappa shape index (κ2) is 6.83. The number of carbonyl (C=O) groups excluding carboxylic acids is 1. The molecule has 0 N–H and O–H groups in total. The molecule has 0 radical (unpaired) electrons. The van der Waals surface area contributed by atoms with Gasteiger partial charge in [0.1, 0.15) is 5.75 Å². The Morgan fingerprint density at radius 2 is 1.84 bits per heavy atom. The average Bonchev–Trinajstić information content (AvgIpc) is 3.30. The Kier molecular flexibility index (Phi) is 4.23. The second-order valence-electron chi connectivity index (χ2n) is 5.34. The summed E-state index contributed by atoms with van der Waals surface area (Å²) in [5, 5.41) is 0. The number of carbonyl (C=O) groups is 1. The van der Waals surface area contributed by atoms with E-state index in [1.807, 2.05) is 30.3 Å². The van der Waals surface area contributed by atoms with E-state index in [0.717, 1.165) is 15.3 Å². The summed E-state index contributed by atoms with van der Waals surface area (Å²) in [5.41, 5.74) is 1.16. The van der Waals surface area contributed by atoms with Crippen molar-refractivity contribution in [2.45, 2.75) is 0 Å². The summed E-state index contributed by atoms with van der Waals surface area (Å²) >= 11 is 1.62. The molecule has 0 saturated carbocycles. The molecule has 0 spiro atoms. The second-order valence-corrected chi connectivity index (χ2v) is 6.45. The molecule has 0 bridgehead atoms. The number of hydrogen-bond donors (Lipinski definition) is 0. The highest BCUT2D eigenvalue weighted by molar-refractivity contribution is 7.16. The minimum atomic E-state index is -0.437. The lowest BCUT2D eigenvalue weighted by molar-refractivity contribution is -0.128. The van der Waals surface area contributed by atoms with E-state index >= 15 is 0 Å². The molecule has 4 nitrogen and oxygen atoms in total. The molecule has 1 aliphatic rings. The predicted molar refractivity (Wildman–Crippen MR) is 97.0 cm³/mol. The molecule has 2 heterocycles. The van der Waals surface area contributed by atoms with Crippen LogP contribution in [0, 0.1) is 0 Å². The minimum Gasteiger partial charge on any atom is -0.454 e. The van der Waals surface area contributed by atoms with Crippen molar-refractivity contribution >= 4 is 23.4 Å². The lowest BCUT2D eigenvalue weighted by Crippen LogP contribution is -2.03. The summed E-state index contributed by atoms with van der Waals surface area (Å²) in [6.07, 6.45) is 3.18. The van der Waals surface area contributed by atoms with Gasteiger partial charge < -0.3 is 14.2 Å². The van der Waals surface area contributed by atoms with Crippen LogP contribution >= 0.6 is 11.3 Å². The topological polar surface area (TPSA) is 44.8 Å². The molecular weight excluding hydrogens is 336 g/mol. The van der Waals surface area contributed by atoms with E-state index in [4.69, 9.17) is 14.2 Å². The first-order valence-electron chi connectivity index (χ1n) is 7.73. The van der Waals surface area contributed by atoms with Gasteiger partial charge in [0.15, 0.2) is 11.5 Å². The highest BCUT2D eigenvalue weighted by Gasteiger charge is 2.14. The highest BCUT2D eigenvalue weighted by Crippen LogP contribution is 2.35. The molecule has 0 amide bonds. The normalized spacial score (nSPS) is 12.5. The van der Waals surface area contributed by atoms with Crippen molar-refractivity contribution in [1.29, 1.82) is 0 Å². The zero-order valence-corrected chi connectivity index (χ0v) is 14.0. The Hall–Kier alpha value is -3.05. The fourth-order valence-electron chi connectivity index (χ4n) is 2.44. The van der Waals surface area contributed by atoms with Crippen molar-refractivity contribution in [3.8, 4) is 27.7 Å². The summed E-state index contributed by atoms with van der Waals surface area (Å²) in [4.78, 5) is 14.1. The van der Waals surface area contributed by atoms with Crippen LogP contribution in [0.25, 0.3) is 16.5 Å². The van der Waals surface area contributed by atoms with Gasteiger partial charge in [-0.2, -0.15) is 0 Å². The lowest BCUT2D eigenvalue weighted by atomic mass is 10.2. The van der Waals surface area contributed by atoms with Crippen molar-refractivity contribution < 1.29 is 19.0 Å². The summed E-state index contributed by atoms with van der Waals surface area (Å²) in [7, 11) is 0. The summed E-state index contributed by atoms with van der Waals surface area (Å²) < 4.78 is 15.8. The molecular formula is C20H14O4S. The lowest BCUT2D eigenvalue weighted by Gasteiger charge is -2.02. The van der Waals surface area contributed by atoms with Gasteiger partial charge in [-0.05, 0) is 35.9 Å². The number of hydrogen-bond acceptors (Lipinski definition) is 5. The van der Waals surface area contributed by atoms with Crippen LogP contribution < -0.4 is 14.2 Å². The Labute approximate surface area is 148 Å². The third kappa shape index (κ3) is 3.56. The van der Waals surface area contributed by atoms with Crippen molar-refractivity contribution in [2.24, 2.45) is 0 Å². The largest absolute Gasteiger partial charge is 0.454 e. The van der Waals surface area contributed by atoms with E-state index in [1.54, 1.807) is 35.6 Å². The van der Waals surface area contributed by atoms with E-state index < -0.39 is 5.97 Å². The van der Waals surface area contributed by atoms with Gasteiger partial charge in [0.2, 0.25) is 6.79 Å². The summed E-state index contributed by atoms with van der Waals surface area (Å²) in [6.45, 7) is 0.189. The average molecular weight is 350 g/mol. The first-order chi connectivity index (χ1) is 12.3. The van der Waals surface area contributed by atoms with Crippen molar-refractivity contribution in [2.75, 3.05) is 6.79 Å². The number of ether oxygens (including phenoxy) is 3. The van der Waals surface area contributed by atoms with E-state index in [9.17, 15) is 4.79 Å². The fraction of sp³-hybridized carbons (Fsp3) is 0.0500. The van der Waals surface area contributed by atoms with Crippen LogP contribution in [0.15, 0.2) is 66.7 Å². The van der Waals surface area contributed by atoms with E-state index in [0.29, 0.717) is 17.2 Å². The van der Waals surface area contributed by atoms with Crippen LogP contribution in [0.5, 0.6) is 17.2 Å². The third-order valence-corrected chi connectivity index (χ3v) is 4.73. The summed E-state index contributed by atoms with van der Waals surface area (Å²) in [5.74, 6) is 1.23. The smallest absolute Gasteiger partial charge is 0.336 e. The maximum Gasteiger partial charge on any atom is 0.336 e. The minimum absolute atomic E-state index is 0.189. The predicted octanol–water partition coefficient (Wildman–Crippen LogP) is 4.76. The van der Waals surface area contributed by atoms with E-state index in [-0.39, 0.29) is 6.79 Å². The van der Waals surface area contributed by atoms with Crippen LogP contribution in [0.1, 0.15) is 4.88 Å². The molecule has 1 aliphatic heterocycles. The van der Waals surface area contributed by atoms with E-state index in [2.05, 4.69) is 12.1 Å². The molecule has 25 heavy (non-hydrogen) atoms. The molecule has 4 rings (SSSR count). The summed E-state index contributed by atoms with van der Waals surface area (Å²) in [6, 6.07) is 19.2. The maximum absolute atomic E-state index is 12.0. The number of rotatable bonds is 4. The van der Waals surface area contributed by atoms with Gasteiger partial charge in [0, 0.05) is 21.9 Å². The third-order valence-electron chi connectivity index (χ3n) is 3.63. The van der Waals surface area contributed by atoms with Crippen LogP contribution in [0.3, 0.4) is 0 Å². The first-order valence-corrected chi connectivity index (χ1v) is 8.54. The monoisotopic (exact) mass is 350 g/mol. The van der Waals surface area contributed by atoms with Gasteiger partial charge in [-0.15, -0.1) is 11.3 Å². The molecule has 0 aliphatic carbocycles. The highest BCUT2D eigenvalue weighted by atomic mass is 32.1. The maximum atomic E-state index is 12.0. The number of benzene rings is 2.